The van der Waals surface area contributed by atoms with Crippen molar-refractivity contribution < 1.29 is 15.0 Å². The molecule has 1 fully saturated rings. The fraction of sp³-hybridized carbons (Fsp3) is 0.875. The smallest absolute Gasteiger partial charge is 0.220 e. The fourth-order valence-electron chi connectivity index (χ4n) is 1.07. The molecule has 0 atom stereocenters. The second-order valence-corrected chi connectivity index (χ2v) is 3.31. The Morgan fingerprint density at radius 3 is 2.50 bits per heavy atom. The average molecular weight is 173 g/mol. The van der Waals surface area contributed by atoms with Crippen molar-refractivity contribution in [3.63, 3.8) is 0 Å². The Morgan fingerprint density at radius 2 is 2.08 bits per heavy atom. The summed E-state index contributed by atoms with van der Waals surface area (Å²) < 4.78 is 0. The van der Waals surface area contributed by atoms with Crippen LogP contribution in [0.5, 0.6) is 0 Å². The number of carbonyl (C=O) groups excluding carboxylic acids is 1. The molecule has 0 heterocycles. The van der Waals surface area contributed by atoms with E-state index in [1.54, 1.807) is 0 Å². The third-order valence-electron chi connectivity index (χ3n) is 2.12. The molecule has 0 saturated heterocycles. The zero-order chi connectivity index (χ0) is 9.03. The van der Waals surface area contributed by atoms with Crippen LogP contribution < -0.4 is 5.32 Å². The van der Waals surface area contributed by atoms with Gasteiger partial charge in [0.2, 0.25) is 5.91 Å². The van der Waals surface area contributed by atoms with E-state index in [1.807, 2.05) is 0 Å². The van der Waals surface area contributed by atoms with Gasteiger partial charge in [-0.2, -0.15) is 0 Å². The number of hydrogen-bond acceptors (Lipinski definition) is 3. The molecule has 0 unspecified atom stereocenters. The number of aliphatic hydroxyl groups is 2. The molecule has 0 aromatic carbocycles. The van der Waals surface area contributed by atoms with Gasteiger partial charge < -0.3 is 15.5 Å². The highest BCUT2D eigenvalue weighted by atomic mass is 16.3. The topological polar surface area (TPSA) is 69.6 Å². The molecule has 1 rings (SSSR count). The fourth-order valence-corrected chi connectivity index (χ4v) is 1.07. The van der Waals surface area contributed by atoms with E-state index in [9.17, 15) is 4.79 Å². The molecule has 1 amide bonds. The van der Waals surface area contributed by atoms with Crippen LogP contribution in [0.25, 0.3) is 0 Å². The Morgan fingerprint density at radius 1 is 1.42 bits per heavy atom. The van der Waals surface area contributed by atoms with Gasteiger partial charge in [0.1, 0.15) is 0 Å². The van der Waals surface area contributed by atoms with Crippen molar-refractivity contribution in [1.29, 1.82) is 0 Å². The highest BCUT2D eigenvalue weighted by molar-refractivity contribution is 5.77. The summed E-state index contributed by atoms with van der Waals surface area (Å²) in [6.45, 7) is 0.0669. The molecule has 4 nitrogen and oxygen atoms in total. The first kappa shape index (κ1) is 9.48. The van der Waals surface area contributed by atoms with E-state index >= 15 is 0 Å². The van der Waals surface area contributed by atoms with E-state index in [1.165, 1.54) is 0 Å². The van der Waals surface area contributed by atoms with Crippen LogP contribution in [0.3, 0.4) is 0 Å². The predicted molar refractivity (Wildman–Crippen MR) is 43.5 cm³/mol. The summed E-state index contributed by atoms with van der Waals surface area (Å²) in [5.41, 5.74) is -0.313. The summed E-state index contributed by atoms with van der Waals surface area (Å²) in [5, 5.41) is 20.1. The molecule has 0 bridgehead atoms. The monoisotopic (exact) mass is 173 g/mol. The first-order valence-corrected chi connectivity index (χ1v) is 4.25. The van der Waals surface area contributed by atoms with E-state index < -0.39 is 0 Å². The number of rotatable bonds is 5. The standard InChI is InChI=1S/C8H15NO3/c10-5-1-2-7(12)9-8(6-11)3-4-8/h10-11H,1-6H2,(H,9,12). The lowest BCUT2D eigenvalue weighted by molar-refractivity contribution is -0.122. The van der Waals surface area contributed by atoms with Crippen LogP contribution >= 0.6 is 0 Å². The van der Waals surface area contributed by atoms with Crippen LogP contribution in [0.4, 0.5) is 0 Å². The third-order valence-corrected chi connectivity index (χ3v) is 2.12. The van der Waals surface area contributed by atoms with E-state index in [4.69, 9.17) is 10.2 Å². The van der Waals surface area contributed by atoms with Crippen molar-refractivity contribution in [2.24, 2.45) is 0 Å². The van der Waals surface area contributed by atoms with E-state index in [0.29, 0.717) is 12.8 Å². The van der Waals surface area contributed by atoms with Crippen LogP contribution in [-0.2, 0) is 4.79 Å². The van der Waals surface area contributed by atoms with Gasteiger partial charge >= 0.3 is 0 Å². The lowest BCUT2D eigenvalue weighted by Gasteiger charge is -2.13. The quantitative estimate of drug-likeness (QED) is 0.520. The molecule has 0 aromatic heterocycles. The molecular weight excluding hydrogens is 158 g/mol. The summed E-state index contributed by atoms with van der Waals surface area (Å²) in [7, 11) is 0. The summed E-state index contributed by atoms with van der Waals surface area (Å²) >= 11 is 0. The number of carbonyl (C=O) groups is 1. The van der Waals surface area contributed by atoms with Crippen molar-refractivity contribution in [2.45, 2.75) is 31.2 Å². The molecule has 70 valence electrons. The van der Waals surface area contributed by atoms with Gasteiger partial charge in [-0.15, -0.1) is 0 Å². The first-order chi connectivity index (χ1) is 5.72. The number of hydrogen-bond donors (Lipinski definition) is 3. The maximum absolute atomic E-state index is 11.1. The summed E-state index contributed by atoms with van der Waals surface area (Å²) in [6.07, 6.45) is 2.58. The van der Waals surface area contributed by atoms with Crippen molar-refractivity contribution in [1.82, 2.24) is 5.32 Å². The van der Waals surface area contributed by atoms with Gasteiger partial charge in [-0.3, -0.25) is 4.79 Å². The Labute approximate surface area is 71.6 Å². The van der Waals surface area contributed by atoms with Gasteiger partial charge in [0.15, 0.2) is 0 Å². The van der Waals surface area contributed by atoms with Crippen molar-refractivity contribution >= 4 is 5.91 Å². The Hall–Kier alpha value is -0.610. The van der Waals surface area contributed by atoms with Gasteiger partial charge in [0, 0.05) is 13.0 Å². The largest absolute Gasteiger partial charge is 0.396 e. The van der Waals surface area contributed by atoms with E-state index in [0.717, 1.165) is 12.8 Å². The van der Waals surface area contributed by atoms with Gasteiger partial charge in [0.05, 0.1) is 12.1 Å². The molecule has 3 N–H and O–H groups in total. The average Bonchev–Trinajstić information content (AvgIpc) is 2.82. The molecule has 0 aromatic rings. The minimum atomic E-state index is -0.313. The van der Waals surface area contributed by atoms with Crippen molar-refractivity contribution in [3.05, 3.63) is 0 Å². The van der Waals surface area contributed by atoms with Crippen molar-refractivity contribution in [3.8, 4) is 0 Å². The maximum Gasteiger partial charge on any atom is 0.220 e. The first-order valence-electron chi connectivity index (χ1n) is 4.25. The Bertz CT molecular complexity index is 166. The molecule has 1 saturated carbocycles. The molecule has 4 heteroatoms. The zero-order valence-electron chi connectivity index (χ0n) is 7.05. The summed E-state index contributed by atoms with van der Waals surface area (Å²) in [6, 6.07) is 0. The van der Waals surface area contributed by atoms with Gasteiger partial charge in [-0.25, -0.2) is 0 Å². The lowest BCUT2D eigenvalue weighted by atomic mass is 10.2. The van der Waals surface area contributed by atoms with Crippen LogP contribution in [0.15, 0.2) is 0 Å². The van der Waals surface area contributed by atoms with Crippen LogP contribution in [0, 0.1) is 0 Å². The summed E-state index contributed by atoms with van der Waals surface area (Å²) in [5.74, 6) is -0.0735. The third kappa shape index (κ3) is 2.46. The molecule has 0 aliphatic heterocycles. The normalized spacial score (nSPS) is 18.8. The SMILES string of the molecule is O=C(CCCO)NC1(CO)CC1. The Balaban J connectivity index is 2.17. The molecule has 12 heavy (non-hydrogen) atoms. The van der Waals surface area contributed by atoms with Crippen LogP contribution in [-0.4, -0.2) is 34.9 Å². The number of amides is 1. The second kappa shape index (κ2) is 3.87. The highest BCUT2D eigenvalue weighted by Crippen LogP contribution is 2.34. The van der Waals surface area contributed by atoms with E-state index in [-0.39, 0.29) is 24.7 Å². The number of aliphatic hydroxyl groups excluding tert-OH is 2. The molecule has 0 spiro atoms. The van der Waals surface area contributed by atoms with Gasteiger partial charge in [0.25, 0.3) is 0 Å². The lowest BCUT2D eigenvalue weighted by Crippen LogP contribution is -2.39. The highest BCUT2D eigenvalue weighted by Gasteiger charge is 2.43. The zero-order valence-corrected chi connectivity index (χ0v) is 7.05. The Kier molecular flexibility index (Phi) is 3.05. The minimum absolute atomic E-state index is 0.0257. The molecule has 0 radical (unpaired) electrons. The number of nitrogens with one attached hydrogen (secondary N) is 1. The van der Waals surface area contributed by atoms with Crippen molar-refractivity contribution in [2.75, 3.05) is 13.2 Å². The van der Waals surface area contributed by atoms with Crippen LogP contribution in [0.1, 0.15) is 25.7 Å². The second-order valence-electron chi connectivity index (χ2n) is 3.31. The maximum atomic E-state index is 11.1. The molecule has 1 aliphatic carbocycles. The molecular formula is C8H15NO3. The minimum Gasteiger partial charge on any atom is -0.396 e. The van der Waals surface area contributed by atoms with Gasteiger partial charge in [-0.1, -0.05) is 0 Å². The molecule has 1 aliphatic rings. The summed E-state index contributed by atoms with van der Waals surface area (Å²) in [4.78, 5) is 11.1. The predicted octanol–water partition coefficient (Wildman–Crippen LogP) is -0.600. The van der Waals surface area contributed by atoms with Crippen LogP contribution in [0.2, 0.25) is 0 Å². The van der Waals surface area contributed by atoms with E-state index in [2.05, 4.69) is 5.32 Å². The van der Waals surface area contributed by atoms with Gasteiger partial charge in [-0.05, 0) is 19.3 Å².